The molecule has 1 aromatic rings. The predicted molar refractivity (Wildman–Crippen MR) is 44.2 cm³/mol. The highest BCUT2D eigenvalue weighted by molar-refractivity contribution is 14.1. The summed E-state index contributed by atoms with van der Waals surface area (Å²) < 4.78 is 0.755. The largest absolute Gasteiger partial charge is 0.368 e. The van der Waals surface area contributed by atoms with Crippen LogP contribution in [0.25, 0.3) is 0 Å². The lowest BCUT2D eigenvalue weighted by atomic mass is 10.7. The zero-order chi connectivity index (χ0) is 6.85. The molecule has 1 aromatic heterocycles. The van der Waals surface area contributed by atoms with Gasteiger partial charge < -0.3 is 5.73 Å². The Hall–Kier alpha value is -0.100. The van der Waals surface area contributed by atoms with Crippen molar-refractivity contribution in [1.29, 1.82) is 0 Å². The second kappa shape index (κ2) is 2.66. The molecule has 9 heavy (non-hydrogen) atoms. The van der Waals surface area contributed by atoms with E-state index in [1.165, 1.54) is 0 Å². The van der Waals surface area contributed by atoms with Crippen molar-refractivity contribution in [3.63, 3.8) is 0 Å². The number of nitrogens with zero attached hydrogens (tertiary/aromatic N) is 2. The number of hydrogen-bond donors (Lipinski definition) is 1. The fourth-order valence-electron chi connectivity index (χ4n) is 0.407. The Morgan fingerprint density at radius 2 is 2.22 bits per heavy atom. The van der Waals surface area contributed by atoms with Gasteiger partial charge in [-0.2, -0.15) is 0 Å². The lowest BCUT2D eigenvalue weighted by Gasteiger charge is -1.92. The van der Waals surface area contributed by atoms with Gasteiger partial charge >= 0.3 is 0 Å². The molecule has 0 aliphatic carbocycles. The summed E-state index contributed by atoms with van der Waals surface area (Å²) in [6.45, 7) is 0. The van der Waals surface area contributed by atoms with Crippen LogP contribution in [-0.2, 0) is 0 Å². The third-order valence-electron chi connectivity index (χ3n) is 0.681. The van der Waals surface area contributed by atoms with E-state index in [1.807, 2.05) is 22.6 Å². The summed E-state index contributed by atoms with van der Waals surface area (Å²) >= 11 is 7.53. The number of nitrogens with two attached hydrogens (primary N) is 1. The fourth-order valence-corrected chi connectivity index (χ4v) is 1.32. The number of rotatable bonds is 0. The molecular formula is C4H3ClIN3. The van der Waals surface area contributed by atoms with Gasteiger partial charge in [-0.25, -0.2) is 9.97 Å². The number of aromatic nitrogens is 2. The minimum Gasteiger partial charge on any atom is -0.368 e. The van der Waals surface area contributed by atoms with Gasteiger partial charge in [0.25, 0.3) is 0 Å². The highest BCUT2D eigenvalue weighted by Crippen LogP contribution is 2.09. The molecule has 0 spiro atoms. The maximum Gasteiger partial charge on any atom is 0.222 e. The van der Waals surface area contributed by atoms with E-state index in [9.17, 15) is 0 Å². The van der Waals surface area contributed by atoms with Gasteiger partial charge in [0.2, 0.25) is 5.95 Å². The molecule has 2 N–H and O–H groups in total. The van der Waals surface area contributed by atoms with Gasteiger partial charge in [-0.1, -0.05) is 11.6 Å². The highest BCUT2D eigenvalue weighted by Gasteiger charge is 1.94. The molecule has 0 aromatic carbocycles. The SMILES string of the molecule is Nc1nc(Cl)cc(I)n1. The van der Waals surface area contributed by atoms with Gasteiger partial charge in [0.15, 0.2) is 0 Å². The van der Waals surface area contributed by atoms with Crippen molar-refractivity contribution in [2.45, 2.75) is 0 Å². The van der Waals surface area contributed by atoms with Crippen LogP contribution in [0.3, 0.4) is 0 Å². The minimum absolute atomic E-state index is 0.215. The Morgan fingerprint density at radius 3 is 2.67 bits per heavy atom. The summed E-state index contributed by atoms with van der Waals surface area (Å²) in [4.78, 5) is 7.47. The van der Waals surface area contributed by atoms with E-state index < -0.39 is 0 Å². The lowest BCUT2D eigenvalue weighted by molar-refractivity contribution is 1.15. The molecule has 3 nitrogen and oxygen atoms in total. The van der Waals surface area contributed by atoms with Crippen molar-refractivity contribution >= 4 is 40.1 Å². The van der Waals surface area contributed by atoms with Crippen molar-refractivity contribution in [3.8, 4) is 0 Å². The van der Waals surface area contributed by atoms with Crippen molar-refractivity contribution < 1.29 is 0 Å². The molecule has 0 saturated carbocycles. The van der Waals surface area contributed by atoms with Gasteiger partial charge in [-0.15, -0.1) is 0 Å². The van der Waals surface area contributed by atoms with Crippen LogP contribution in [0.2, 0.25) is 5.15 Å². The van der Waals surface area contributed by atoms with E-state index >= 15 is 0 Å². The van der Waals surface area contributed by atoms with E-state index in [4.69, 9.17) is 17.3 Å². The van der Waals surface area contributed by atoms with Gasteiger partial charge in [0.1, 0.15) is 8.85 Å². The zero-order valence-electron chi connectivity index (χ0n) is 4.31. The third kappa shape index (κ3) is 1.94. The van der Waals surface area contributed by atoms with Crippen LogP contribution in [0.5, 0.6) is 0 Å². The standard InChI is InChI=1S/C4H3ClIN3/c5-2-1-3(6)9-4(7)8-2/h1H,(H2,7,8,9). The Bertz CT molecular complexity index is 177. The first kappa shape index (κ1) is 7.01. The number of nitrogen functional groups attached to an aromatic ring is 1. The van der Waals surface area contributed by atoms with Crippen LogP contribution in [0, 0.1) is 3.70 Å². The van der Waals surface area contributed by atoms with Crippen LogP contribution in [-0.4, -0.2) is 9.97 Å². The first-order valence-electron chi connectivity index (χ1n) is 2.14. The highest BCUT2D eigenvalue weighted by atomic mass is 127. The summed E-state index contributed by atoms with van der Waals surface area (Å²) in [5.41, 5.74) is 5.25. The summed E-state index contributed by atoms with van der Waals surface area (Å²) in [6.07, 6.45) is 0. The second-order valence-corrected chi connectivity index (χ2v) is 2.86. The number of hydrogen-bond acceptors (Lipinski definition) is 3. The molecule has 5 heteroatoms. The van der Waals surface area contributed by atoms with Crippen molar-refractivity contribution in [3.05, 3.63) is 14.9 Å². The Labute approximate surface area is 70.8 Å². The van der Waals surface area contributed by atoms with E-state index in [0.717, 1.165) is 3.70 Å². The molecule has 0 amide bonds. The van der Waals surface area contributed by atoms with E-state index in [2.05, 4.69) is 9.97 Å². The third-order valence-corrected chi connectivity index (χ3v) is 1.43. The first-order valence-corrected chi connectivity index (χ1v) is 3.60. The molecule has 0 atom stereocenters. The lowest BCUT2D eigenvalue weighted by Crippen LogP contribution is -1.95. The van der Waals surface area contributed by atoms with Crippen LogP contribution < -0.4 is 5.73 Å². The molecule has 48 valence electrons. The number of anilines is 1. The molecule has 0 radical (unpaired) electrons. The summed E-state index contributed by atoms with van der Waals surface area (Å²) in [7, 11) is 0. The molecular weight excluding hydrogens is 252 g/mol. The van der Waals surface area contributed by atoms with Crippen molar-refractivity contribution in [2.24, 2.45) is 0 Å². The summed E-state index contributed by atoms with van der Waals surface area (Å²) in [5, 5.41) is 0.381. The van der Waals surface area contributed by atoms with Gasteiger partial charge in [0, 0.05) is 6.07 Å². The molecule has 0 bridgehead atoms. The minimum atomic E-state index is 0.215. The normalized spacial score (nSPS) is 9.56. The monoisotopic (exact) mass is 255 g/mol. The van der Waals surface area contributed by atoms with E-state index in [-0.39, 0.29) is 5.95 Å². The fraction of sp³-hybridized carbons (Fsp3) is 0. The molecule has 1 heterocycles. The van der Waals surface area contributed by atoms with Crippen LogP contribution >= 0.6 is 34.2 Å². The van der Waals surface area contributed by atoms with Crippen molar-refractivity contribution in [1.82, 2.24) is 9.97 Å². The van der Waals surface area contributed by atoms with Crippen molar-refractivity contribution in [2.75, 3.05) is 5.73 Å². The van der Waals surface area contributed by atoms with Crippen LogP contribution in [0.1, 0.15) is 0 Å². The zero-order valence-corrected chi connectivity index (χ0v) is 7.22. The molecule has 0 saturated heterocycles. The maximum absolute atomic E-state index is 5.51. The molecule has 0 aliphatic rings. The van der Waals surface area contributed by atoms with E-state index in [1.54, 1.807) is 6.07 Å². The Kier molecular flexibility index (Phi) is 2.07. The number of halogens is 2. The van der Waals surface area contributed by atoms with Crippen LogP contribution in [0.4, 0.5) is 5.95 Å². The van der Waals surface area contributed by atoms with Gasteiger partial charge in [0.05, 0.1) is 0 Å². The van der Waals surface area contributed by atoms with Gasteiger partial charge in [-0.3, -0.25) is 0 Å². The van der Waals surface area contributed by atoms with Crippen LogP contribution in [0.15, 0.2) is 6.07 Å². The summed E-state index contributed by atoms with van der Waals surface area (Å²) in [6, 6.07) is 1.64. The molecule has 0 aliphatic heterocycles. The smallest absolute Gasteiger partial charge is 0.222 e. The quantitative estimate of drug-likeness (QED) is 0.562. The molecule has 1 rings (SSSR count). The average molecular weight is 255 g/mol. The summed E-state index contributed by atoms with van der Waals surface area (Å²) in [5.74, 6) is 0.215. The molecule has 0 unspecified atom stereocenters. The maximum atomic E-state index is 5.51. The predicted octanol–water partition coefficient (Wildman–Crippen LogP) is 1.32. The van der Waals surface area contributed by atoms with Gasteiger partial charge in [-0.05, 0) is 22.6 Å². The van der Waals surface area contributed by atoms with E-state index in [0.29, 0.717) is 5.15 Å². The second-order valence-electron chi connectivity index (χ2n) is 1.37. The Morgan fingerprint density at radius 1 is 1.56 bits per heavy atom. The topological polar surface area (TPSA) is 51.8 Å². The average Bonchev–Trinajstić information content (AvgIpc) is 1.59. The first-order chi connectivity index (χ1) is 4.18. The Balaban J connectivity index is 3.17. The molecule has 0 fully saturated rings.